The maximum absolute atomic E-state index is 10.9. The molecule has 0 unspecified atom stereocenters. The summed E-state index contributed by atoms with van der Waals surface area (Å²) in [5, 5.41) is 0. The summed E-state index contributed by atoms with van der Waals surface area (Å²) in [5.74, 6) is -0.263. The predicted molar refractivity (Wildman–Crippen MR) is 60.8 cm³/mol. The number of esters is 1. The molecule has 0 fully saturated rings. The molecule has 0 aliphatic carbocycles. The molecule has 0 spiro atoms. The molecule has 0 aromatic carbocycles. The van der Waals surface area contributed by atoms with Gasteiger partial charge in [0.25, 0.3) is 0 Å². The average molecular weight is 202 g/mol. The number of carbonyl (C=O) groups excluding carboxylic acids is 1. The van der Waals surface area contributed by atoms with Gasteiger partial charge in [-0.2, -0.15) is 0 Å². The molecule has 0 aliphatic heterocycles. The van der Waals surface area contributed by atoms with Crippen molar-refractivity contribution in [3.05, 3.63) is 12.2 Å². The lowest BCUT2D eigenvalue weighted by molar-refractivity contribution is -0.138. The van der Waals surface area contributed by atoms with Gasteiger partial charge in [-0.05, 0) is 13.3 Å². The first-order valence-electron chi connectivity index (χ1n) is 4.36. The van der Waals surface area contributed by atoms with Crippen molar-refractivity contribution in [3.63, 3.8) is 0 Å². The van der Waals surface area contributed by atoms with E-state index in [-0.39, 0.29) is 13.4 Å². The summed E-state index contributed by atoms with van der Waals surface area (Å²) in [6, 6.07) is 1.24. The van der Waals surface area contributed by atoms with Crippen LogP contribution in [0.3, 0.4) is 0 Å². The lowest BCUT2D eigenvalue weighted by Crippen LogP contribution is -2.08. The Kier molecular flexibility index (Phi) is 9.24. The molecule has 0 radical (unpaired) electrons. The van der Waals surface area contributed by atoms with Gasteiger partial charge in [0.15, 0.2) is 0 Å². The summed E-state index contributed by atoms with van der Waals surface area (Å²) in [4.78, 5) is 10.9. The monoisotopic (exact) mass is 202 g/mol. The molecule has 0 heterocycles. The van der Waals surface area contributed by atoms with Crippen LogP contribution in [0.25, 0.3) is 0 Å². The van der Waals surface area contributed by atoms with Crippen molar-refractivity contribution in [3.8, 4) is 0 Å². The van der Waals surface area contributed by atoms with E-state index in [1.54, 1.807) is 6.92 Å². The largest absolute Gasteiger partial charge is 0.462 e. The van der Waals surface area contributed by atoms with Crippen molar-refractivity contribution >= 4 is 14.8 Å². The van der Waals surface area contributed by atoms with Crippen LogP contribution in [0.4, 0.5) is 0 Å². The molecule has 0 rings (SSSR count). The molecule has 0 amide bonds. The molecule has 2 nitrogen and oxygen atoms in total. The van der Waals surface area contributed by atoms with Crippen LogP contribution in [0.15, 0.2) is 12.2 Å². The van der Waals surface area contributed by atoms with E-state index in [1.165, 1.54) is 6.04 Å². The van der Waals surface area contributed by atoms with Gasteiger partial charge in [0.1, 0.15) is 0 Å². The SMILES string of the molecule is C.C=C(C)C(=O)OCCC[SiH](C)C. The normalized spacial score (nSPS) is 9.23. The molecule has 0 N–H and O–H groups in total. The van der Waals surface area contributed by atoms with Crippen molar-refractivity contribution in [2.24, 2.45) is 0 Å². The third-order valence-corrected chi connectivity index (χ3v) is 3.07. The molecule has 0 aromatic rings. The van der Waals surface area contributed by atoms with Crippen LogP contribution >= 0.6 is 0 Å². The molecular weight excluding hydrogens is 180 g/mol. The lowest BCUT2D eigenvalue weighted by Gasteiger charge is -2.04. The van der Waals surface area contributed by atoms with Crippen molar-refractivity contribution in [1.82, 2.24) is 0 Å². The Morgan fingerprint density at radius 3 is 2.38 bits per heavy atom. The van der Waals surface area contributed by atoms with E-state index in [2.05, 4.69) is 19.7 Å². The van der Waals surface area contributed by atoms with E-state index in [4.69, 9.17) is 4.74 Å². The molecule has 0 saturated heterocycles. The van der Waals surface area contributed by atoms with Gasteiger partial charge >= 0.3 is 5.97 Å². The Hall–Kier alpha value is -0.573. The van der Waals surface area contributed by atoms with Gasteiger partial charge in [0, 0.05) is 14.4 Å². The van der Waals surface area contributed by atoms with Crippen LogP contribution in [0.2, 0.25) is 19.1 Å². The number of hydrogen-bond acceptors (Lipinski definition) is 2. The number of rotatable bonds is 5. The maximum Gasteiger partial charge on any atom is 0.333 e. The van der Waals surface area contributed by atoms with Crippen LogP contribution in [0.5, 0.6) is 0 Å². The highest BCUT2D eigenvalue weighted by Crippen LogP contribution is 1.99. The van der Waals surface area contributed by atoms with E-state index >= 15 is 0 Å². The predicted octanol–water partition coefficient (Wildman–Crippen LogP) is 2.62. The van der Waals surface area contributed by atoms with Crippen LogP contribution < -0.4 is 0 Å². The Balaban J connectivity index is 0. The van der Waals surface area contributed by atoms with Crippen LogP contribution in [-0.2, 0) is 9.53 Å². The smallest absolute Gasteiger partial charge is 0.333 e. The fraction of sp³-hybridized carbons (Fsp3) is 0.700. The van der Waals surface area contributed by atoms with Gasteiger partial charge in [0.2, 0.25) is 0 Å². The second kappa shape index (κ2) is 8.04. The number of carbonyl (C=O) groups is 1. The van der Waals surface area contributed by atoms with Gasteiger partial charge in [-0.25, -0.2) is 4.79 Å². The van der Waals surface area contributed by atoms with Crippen LogP contribution in [0.1, 0.15) is 20.8 Å². The molecular formula is C10H22O2Si. The van der Waals surface area contributed by atoms with E-state index in [9.17, 15) is 4.79 Å². The van der Waals surface area contributed by atoms with E-state index in [0.717, 1.165) is 6.42 Å². The van der Waals surface area contributed by atoms with Crippen molar-refractivity contribution < 1.29 is 9.53 Å². The first-order valence-corrected chi connectivity index (χ1v) is 7.49. The molecule has 0 bridgehead atoms. The fourth-order valence-corrected chi connectivity index (χ4v) is 1.76. The molecule has 3 heteroatoms. The number of hydrogen-bond donors (Lipinski definition) is 0. The van der Waals surface area contributed by atoms with Gasteiger partial charge in [-0.3, -0.25) is 0 Å². The van der Waals surface area contributed by atoms with Gasteiger partial charge in [0.05, 0.1) is 6.61 Å². The Bertz CT molecular complexity index is 164. The highest BCUT2D eigenvalue weighted by atomic mass is 28.3. The van der Waals surface area contributed by atoms with Crippen molar-refractivity contribution in [2.45, 2.75) is 39.9 Å². The molecule has 0 aromatic heterocycles. The highest BCUT2D eigenvalue weighted by molar-refractivity contribution is 6.55. The molecule has 78 valence electrons. The Morgan fingerprint density at radius 2 is 2.00 bits per heavy atom. The summed E-state index contributed by atoms with van der Waals surface area (Å²) >= 11 is 0. The Morgan fingerprint density at radius 1 is 1.46 bits per heavy atom. The fourth-order valence-electron chi connectivity index (χ4n) is 0.780. The van der Waals surface area contributed by atoms with Crippen LogP contribution in [-0.4, -0.2) is 21.4 Å². The minimum Gasteiger partial charge on any atom is -0.462 e. The number of ether oxygens (including phenoxy) is 1. The molecule has 0 saturated carbocycles. The zero-order valence-corrected chi connectivity index (χ0v) is 9.38. The van der Waals surface area contributed by atoms with Gasteiger partial charge in [-0.15, -0.1) is 0 Å². The third-order valence-electron chi connectivity index (χ3n) is 1.51. The molecule has 0 aliphatic rings. The quantitative estimate of drug-likeness (QED) is 0.296. The van der Waals surface area contributed by atoms with E-state index in [1.807, 2.05) is 0 Å². The third kappa shape index (κ3) is 9.34. The summed E-state index contributed by atoms with van der Waals surface area (Å²) in [5.41, 5.74) is 0.483. The maximum atomic E-state index is 10.9. The summed E-state index contributed by atoms with van der Waals surface area (Å²) in [6.07, 6.45) is 1.00. The summed E-state index contributed by atoms with van der Waals surface area (Å²) < 4.78 is 4.94. The first kappa shape index (κ1) is 14.9. The lowest BCUT2D eigenvalue weighted by atomic mass is 10.4. The minimum atomic E-state index is -0.472. The minimum absolute atomic E-state index is 0. The topological polar surface area (TPSA) is 26.3 Å². The van der Waals surface area contributed by atoms with Crippen molar-refractivity contribution in [2.75, 3.05) is 6.61 Å². The van der Waals surface area contributed by atoms with Crippen LogP contribution in [0, 0.1) is 0 Å². The van der Waals surface area contributed by atoms with Gasteiger partial charge in [-0.1, -0.05) is 33.1 Å². The molecule has 13 heavy (non-hydrogen) atoms. The second-order valence-corrected chi connectivity index (χ2v) is 6.82. The average Bonchev–Trinajstić information content (AvgIpc) is 1.97. The van der Waals surface area contributed by atoms with E-state index < -0.39 is 8.80 Å². The highest BCUT2D eigenvalue weighted by Gasteiger charge is 2.02. The van der Waals surface area contributed by atoms with E-state index in [0.29, 0.717) is 12.2 Å². The summed E-state index contributed by atoms with van der Waals surface area (Å²) in [7, 11) is -0.472. The van der Waals surface area contributed by atoms with Gasteiger partial charge < -0.3 is 4.74 Å². The molecule has 0 atom stereocenters. The second-order valence-electron chi connectivity index (χ2n) is 3.45. The zero-order valence-electron chi connectivity index (χ0n) is 8.22. The van der Waals surface area contributed by atoms with Crippen molar-refractivity contribution in [1.29, 1.82) is 0 Å². The zero-order chi connectivity index (χ0) is 9.56. The standard InChI is InChI=1S/C9H18O2Si.CH4/c1-8(2)9(10)11-6-5-7-12(3)4;/h12H,1,5-7H2,2-4H3;1H4. The summed E-state index contributed by atoms with van der Waals surface area (Å²) in [6.45, 7) is 10.3. The Labute approximate surface area is 83.6 Å². The first-order chi connectivity index (χ1) is 5.54.